The van der Waals surface area contributed by atoms with Crippen LogP contribution >= 0.6 is 58.0 Å². The fourth-order valence-corrected chi connectivity index (χ4v) is 3.45. The van der Waals surface area contributed by atoms with Crippen LogP contribution in [0.5, 0.6) is 0 Å². The summed E-state index contributed by atoms with van der Waals surface area (Å²) in [5.41, 5.74) is -1.19. The first-order valence-electron chi connectivity index (χ1n) is 8.77. The largest absolute Gasteiger partial charge is 0.326 e. The van der Waals surface area contributed by atoms with Gasteiger partial charge in [0.1, 0.15) is 15.8 Å². The Morgan fingerprint density at radius 2 is 1.69 bits per heavy atom. The van der Waals surface area contributed by atoms with Crippen LogP contribution in [-0.2, 0) is 9.59 Å². The Bertz CT molecular complexity index is 1110. The monoisotopic (exact) mass is 543 g/mol. The zero-order valence-electron chi connectivity index (χ0n) is 15.6. The highest BCUT2D eigenvalue weighted by Gasteiger charge is 2.56. The lowest BCUT2D eigenvalue weighted by atomic mass is 10.1. The average molecular weight is 546 g/mol. The molecule has 0 aliphatic heterocycles. The fraction of sp³-hybridized carbons (Fsp3) is 0.211. The third-order valence-electron chi connectivity index (χ3n) is 4.41. The normalized spacial score (nSPS) is 16.4. The lowest BCUT2D eigenvalue weighted by Crippen LogP contribution is -2.21. The highest BCUT2D eigenvalue weighted by atomic mass is 35.5. The molecule has 0 bridgehead atoms. The predicted molar refractivity (Wildman–Crippen MR) is 121 cm³/mol. The molecule has 0 aromatic heterocycles. The van der Waals surface area contributed by atoms with E-state index in [9.17, 15) is 23.2 Å². The van der Waals surface area contributed by atoms with E-state index in [1.165, 1.54) is 18.2 Å². The van der Waals surface area contributed by atoms with E-state index in [1.54, 1.807) is 0 Å². The number of hydrogen-bond acceptors (Lipinski definition) is 3. The fourth-order valence-electron chi connectivity index (χ4n) is 2.64. The summed E-state index contributed by atoms with van der Waals surface area (Å²) in [6.07, 6.45) is 0.291. The zero-order chi connectivity index (χ0) is 23.8. The summed E-state index contributed by atoms with van der Waals surface area (Å²) in [6.45, 7) is 0. The second kappa shape index (κ2) is 9.57. The van der Waals surface area contributed by atoms with Gasteiger partial charge < -0.3 is 16.0 Å². The molecule has 0 heterocycles. The minimum atomic E-state index is -1.57. The number of hydrogen-bond donors (Lipinski definition) is 3. The summed E-state index contributed by atoms with van der Waals surface area (Å²) in [6, 6.07) is 5.83. The van der Waals surface area contributed by atoms with Crippen molar-refractivity contribution < 1.29 is 23.2 Å². The Balaban J connectivity index is 1.80. The van der Waals surface area contributed by atoms with Gasteiger partial charge in [0.25, 0.3) is 11.8 Å². The van der Waals surface area contributed by atoms with Crippen molar-refractivity contribution in [2.45, 2.75) is 15.6 Å². The van der Waals surface area contributed by atoms with Crippen molar-refractivity contribution in [3.05, 3.63) is 52.6 Å². The van der Waals surface area contributed by atoms with Crippen molar-refractivity contribution in [2.24, 2.45) is 5.92 Å². The van der Waals surface area contributed by atoms with Crippen LogP contribution < -0.4 is 16.0 Å². The van der Waals surface area contributed by atoms with Crippen LogP contribution in [-0.4, -0.2) is 26.9 Å². The molecule has 13 heteroatoms. The Hall–Kier alpha value is -1.84. The maximum absolute atomic E-state index is 14.7. The molecule has 3 N–H and O–H groups in total. The highest BCUT2D eigenvalue weighted by Crippen LogP contribution is 2.53. The Labute approximate surface area is 205 Å². The number of alkyl halides is 4. The van der Waals surface area contributed by atoms with Gasteiger partial charge in [-0.25, -0.2) is 8.78 Å². The molecule has 3 rings (SSSR count). The molecule has 1 fully saturated rings. The summed E-state index contributed by atoms with van der Waals surface area (Å²) in [7, 11) is 0. The van der Waals surface area contributed by atoms with E-state index < -0.39 is 55.8 Å². The summed E-state index contributed by atoms with van der Waals surface area (Å²) >= 11 is 28.5. The number of carbonyl (C=O) groups excluding carboxylic acids is 3. The van der Waals surface area contributed by atoms with Crippen molar-refractivity contribution in [1.29, 1.82) is 0 Å². The minimum Gasteiger partial charge on any atom is -0.326 e. The van der Waals surface area contributed by atoms with Gasteiger partial charge in [0.15, 0.2) is 10.7 Å². The molecule has 0 radical (unpaired) electrons. The molecule has 1 aliphatic carbocycles. The summed E-state index contributed by atoms with van der Waals surface area (Å²) < 4.78 is 27.5. The van der Waals surface area contributed by atoms with Gasteiger partial charge in [-0.05, 0) is 36.8 Å². The Kier molecular flexibility index (Phi) is 7.41. The van der Waals surface area contributed by atoms with Crippen LogP contribution in [0.4, 0.5) is 25.8 Å². The van der Waals surface area contributed by atoms with Gasteiger partial charge in [0, 0.05) is 5.69 Å². The highest BCUT2D eigenvalue weighted by molar-refractivity contribution is 6.54. The molecule has 1 atom stereocenters. The van der Waals surface area contributed by atoms with E-state index in [0.717, 1.165) is 12.1 Å². The first-order valence-corrected chi connectivity index (χ1v) is 10.8. The molecule has 170 valence electrons. The van der Waals surface area contributed by atoms with E-state index in [1.807, 2.05) is 5.32 Å². The van der Waals surface area contributed by atoms with E-state index in [0.29, 0.717) is 6.42 Å². The molecule has 32 heavy (non-hydrogen) atoms. The Morgan fingerprint density at radius 1 is 1.03 bits per heavy atom. The molecule has 0 saturated heterocycles. The lowest BCUT2D eigenvalue weighted by molar-refractivity contribution is -0.117. The van der Waals surface area contributed by atoms with Gasteiger partial charge in [-0.3, -0.25) is 14.4 Å². The van der Waals surface area contributed by atoms with Crippen molar-refractivity contribution in [2.75, 3.05) is 16.0 Å². The first-order chi connectivity index (χ1) is 14.9. The summed E-state index contributed by atoms with van der Waals surface area (Å²) in [4.78, 5) is 34.8. The second-order valence-electron chi connectivity index (χ2n) is 6.73. The number of anilines is 3. The number of halogens is 7. The summed E-state index contributed by atoms with van der Waals surface area (Å²) in [5.74, 6) is -5.34. The molecule has 2 aromatic rings. The van der Waals surface area contributed by atoms with E-state index >= 15 is 0 Å². The number of benzene rings is 2. The first kappa shape index (κ1) is 24.8. The standard InChI is InChI=1S/C19H12Cl5F2N3O3/c20-10-2-1-7(27-17(31)9-6-19(9,23)24)5-8(10)16(30)28-12-4-3-11(25)14(13(12)26)29-18(32)15(21)22/h1-5,9,15H,6H2,(H,27,31)(H,28,30)(H,29,32)/t9-/m1/s1. The van der Waals surface area contributed by atoms with Gasteiger partial charge in [-0.1, -0.05) is 34.8 Å². The topological polar surface area (TPSA) is 87.3 Å². The van der Waals surface area contributed by atoms with Crippen LogP contribution in [0.15, 0.2) is 30.3 Å². The van der Waals surface area contributed by atoms with Gasteiger partial charge >= 0.3 is 0 Å². The molecule has 0 unspecified atom stereocenters. The van der Waals surface area contributed by atoms with Crippen molar-refractivity contribution >= 4 is 92.8 Å². The molecule has 1 aliphatic rings. The lowest BCUT2D eigenvalue weighted by Gasteiger charge is -2.13. The Morgan fingerprint density at radius 3 is 2.28 bits per heavy atom. The molecule has 1 saturated carbocycles. The van der Waals surface area contributed by atoms with Crippen molar-refractivity contribution in [3.63, 3.8) is 0 Å². The smallest absolute Gasteiger partial charge is 0.257 e. The SMILES string of the molecule is O=C(Nc1ccc(F)c(NC(=O)C(Cl)Cl)c1F)c1cc(NC(=O)[C@H]2CC2(Cl)Cl)ccc1Cl. The second-order valence-corrected chi connectivity index (χ2v) is 9.78. The molecule has 6 nitrogen and oxygen atoms in total. The van der Waals surface area contributed by atoms with Crippen molar-refractivity contribution in [3.8, 4) is 0 Å². The minimum absolute atomic E-state index is 0.000813. The van der Waals surface area contributed by atoms with Gasteiger partial charge in [-0.2, -0.15) is 0 Å². The van der Waals surface area contributed by atoms with Gasteiger partial charge in [-0.15, -0.1) is 23.2 Å². The van der Waals surface area contributed by atoms with E-state index in [2.05, 4.69) is 10.6 Å². The van der Waals surface area contributed by atoms with Crippen LogP contribution in [0.2, 0.25) is 5.02 Å². The number of carbonyl (C=O) groups is 3. The quantitative estimate of drug-likeness (QED) is 0.405. The zero-order valence-corrected chi connectivity index (χ0v) is 19.4. The third kappa shape index (κ3) is 5.55. The van der Waals surface area contributed by atoms with Crippen LogP contribution in [0, 0.1) is 17.6 Å². The third-order valence-corrected chi connectivity index (χ3v) is 5.97. The van der Waals surface area contributed by atoms with Crippen LogP contribution in [0.1, 0.15) is 16.8 Å². The predicted octanol–water partition coefficient (Wildman–Crippen LogP) is 5.75. The van der Waals surface area contributed by atoms with E-state index in [4.69, 9.17) is 58.0 Å². The van der Waals surface area contributed by atoms with Crippen molar-refractivity contribution in [1.82, 2.24) is 0 Å². The number of amides is 3. The van der Waals surface area contributed by atoms with Crippen LogP contribution in [0.25, 0.3) is 0 Å². The molecule has 2 aromatic carbocycles. The molecule has 0 spiro atoms. The summed E-state index contributed by atoms with van der Waals surface area (Å²) in [5, 5.41) is 6.69. The van der Waals surface area contributed by atoms with Gasteiger partial charge in [0.2, 0.25) is 5.91 Å². The van der Waals surface area contributed by atoms with E-state index in [-0.39, 0.29) is 16.3 Å². The molecular weight excluding hydrogens is 533 g/mol. The number of rotatable bonds is 6. The maximum Gasteiger partial charge on any atom is 0.257 e. The average Bonchev–Trinajstić information content (AvgIpc) is 3.36. The maximum atomic E-state index is 14.7. The molecular formula is C19H12Cl5F2N3O3. The number of nitrogens with one attached hydrogen (secondary N) is 3. The molecule has 3 amide bonds. The van der Waals surface area contributed by atoms with Crippen LogP contribution in [0.3, 0.4) is 0 Å². The van der Waals surface area contributed by atoms with Gasteiger partial charge in [0.05, 0.1) is 22.2 Å².